The van der Waals surface area contributed by atoms with Gasteiger partial charge in [0.05, 0.1) is 5.52 Å². The normalized spacial score (nSPS) is 11.4. The van der Waals surface area contributed by atoms with Gasteiger partial charge < -0.3 is 14.8 Å². The van der Waals surface area contributed by atoms with Crippen LogP contribution in [0.4, 0.5) is 10.1 Å². The summed E-state index contributed by atoms with van der Waals surface area (Å²) in [5.74, 6) is -0.584. The number of aromatic hydroxyl groups is 1. The minimum atomic E-state index is -0.581. The van der Waals surface area contributed by atoms with E-state index in [0.717, 1.165) is 22.1 Å². The largest absolute Gasteiger partial charge is 0.493 e. The molecule has 0 radical (unpaired) electrons. The summed E-state index contributed by atoms with van der Waals surface area (Å²) in [5, 5.41) is 20.1. The van der Waals surface area contributed by atoms with Gasteiger partial charge in [0.15, 0.2) is 5.69 Å². The second-order valence-electron chi connectivity index (χ2n) is 7.51. The first kappa shape index (κ1) is 20.4. The fraction of sp³-hybridized carbons (Fsp3) is 0.0385. The minimum absolute atomic E-state index is 0.0123. The van der Waals surface area contributed by atoms with Crippen molar-refractivity contribution in [3.63, 3.8) is 0 Å². The van der Waals surface area contributed by atoms with E-state index >= 15 is 0 Å². The zero-order chi connectivity index (χ0) is 22.8. The highest BCUT2D eigenvalue weighted by atomic mass is 19.1. The number of benzene rings is 4. The predicted octanol–water partition coefficient (Wildman–Crippen LogP) is 6.67. The summed E-state index contributed by atoms with van der Waals surface area (Å²) < 4.78 is 19.4. The van der Waals surface area contributed by atoms with E-state index in [9.17, 15) is 14.3 Å². The van der Waals surface area contributed by atoms with Gasteiger partial charge in [0.2, 0.25) is 5.88 Å². The van der Waals surface area contributed by atoms with Gasteiger partial charge in [0, 0.05) is 10.9 Å². The number of nitrogens with one attached hydrogen (secondary N) is 1. The molecule has 0 saturated heterocycles. The number of aromatic nitrogens is 1. The number of carbonyl (C=O) groups is 1. The number of nitrogens with zero attached hydrogens (tertiary/aromatic N) is 2. The molecule has 4 aromatic carbocycles. The molecule has 0 aliphatic carbocycles. The van der Waals surface area contributed by atoms with Gasteiger partial charge >= 0.3 is 0 Å². The Balaban J connectivity index is 1.26. The molecule has 0 fully saturated rings. The van der Waals surface area contributed by atoms with Crippen LogP contribution in [0.2, 0.25) is 0 Å². The fourth-order valence-corrected chi connectivity index (χ4v) is 3.56. The lowest BCUT2D eigenvalue weighted by atomic mass is 10.1. The third-order valence-electron chi connectivity index (χ3n) is 5.28. The molecule has 1 aromatic heterocycles. The molecule has 0 aliphatic heterocycles. The third kappa shape index (κ3) is 4.29. The van der Waals surface area contributed by atoms with E-state index in [1.54, 1.807) is 24.3 Å². The molecule has 2 N–H and O–H groups in total. The Morgan fingerprint density at radius 2 is 1.73 bits per heavy atom. The topological polar surface area (TPSA) is 87.0 Å². The first-order valence-electron chi connectivity index (χ1n) is 10.2. The number of hydrogen-bond acceptors (Lipinski definition) is 4. The maximum atomic E-state index is 13.5. The lowest BCUT2D eigenvalue weighted by Gasteiger charge is -2.08. The zero-order valence-corrected chi connectivity index (χ0v) is 17.3. The van der Waals surface area contributed by atoms with E-state index in [1.807, 2.05) is 42.5 Å². The van der Waals surface area contributed by atoms with E-state index < -0.39 is 11.7 Å². The van der Waals surface area contributed by atoms with Crippen LogP contribution in [0.5, 0.6) is 11.6 Å². The van der Waals surface area contributed by atoms with Gasteiger partial charge in [0.1, 0.15) is 18.2 Å². The number of carbonyl (C=O) groups excluding carboxylic acids is 1. The number of azo groups is 1. The van der Waals surface area contributed by atoms with Crippen LogP contribution in [0, 0.1) is 5.82 Å². The predicted molar refractivity (Wildman–Crippen MR) is 123 cm³/mol. The quantitative estimate of drug-likeness (QED) is 0.300. The standard InChI is InChI=1S/C26H18FN3O3/c27-20-10-12-23-22(14-20)24(26(32)28-23)29-30-25(31)18-7-5-16(6-8-18)15-33-21-11-9-17-3-1-2-4-19(17)13-21/h1-14,28,32H,15H2. The second kappa shape index (κ2) is 8.55. The zero-order valence-electron chi connectivity index (χ0n) is 17.3. The highest BCUT2D eigenvalue weighted by molar-refractivity contribution is 5.97. The van der Waals surface area contributed by atoms with Crippen molar-refractivity contribution in [1.29, 1.82) is 0 Å². The van der Waals surface area contributed by atoms with Crippen LogP contribution in [0.15, 0.2) is 95.2 Å². The van der Waals surface area contributed by atoms with E-state index in [2.05, 4.69) is 15.2 Å². The summed E-state index contributed by atoms with van der Waals surface area (Å²) in [6, 6.07) is 24.8. The Morgan fingerprint density at radius 3 is 2.55 bits per heavy atom. The van der Waals surface area contributed by atoms with Gasteiger partial charge in [-0.05, 0) is 58.8 Å². The van der Waals surface area contributed by atoms with Crippen LogP contribution < -0.4 is 4.74 Å². The van der Waals surface area contributed by atoms with Crippen molar-refractivity contribution in [2.45, 2.75) is 6.61 Å². The molecule has 0 unspecified atom stereocenters. The molecule has 0 bridgehead atoms. The highest BCUT2D eigenvalue weighted by Crippen LogP contribution is 2.35. The molecule has 5 aromatic rings. The summed E-state index contributed by atoms with van der Waals surface area (Å²) in [6.45, 7) is 0.350. The van der Waals surface area contributed by atoms with Crippen molar-refractivity contribution in [2.75, 3.05) is 0 Å². The molecule has 5 rings (SSSR count). The molecule has 162 valence electrons. The highest BCUT2D eigenvalue weighted by Gasteiger charge is 2.12. The smallest absolute Gasteiger partial charge is 0.295 e. The van der Waals surface area contributed by atoms with Crippen molar-refractivity contribution in [3.05, 3.63) is 102 Å². The Labute approximate surface area is 188 Å². The van der Waals surface area contributed by atoms with Gasteiger partial charge in [-0.15, -0.1) is 10.2 Å². The Morgan fingerprint density at radius 1 is 0.939 bits per heavy atom. The van der Waals surface area contributed by atoms with Gasteiger partial charge in [-0.25, -0.2) is 4.39 Å². The molecular weight excluding hydrogens is 421 g/mol. The van der Waals surface area contributed by atoms with E-state index in [1.165, 1.54) is 18.2 Å². The average molecular weight is 439 g/mol. The number of halogens is 1. The van der Waals surface area contributed by atoms with Crippen LogP contribution in [0.25, 0.3) is 21.7 Å². The lowest BCUT2D eigenvalue weighted by molar-refractivity contribution is 0.0995. The molecule has 6 nitrogen and oxygen atoms in total. The Hall–Kier alpha value is -4.52. The number of rotatable bonds is 5. The molecule has 33 heavy (non-hydrogen) atoms. The lowest BCUT2D eigenvalue weighted by Crippen LogP contribution is -1.98. The summed E-state index contributed by atoms with van der Waals surface area (Å²) >= 11 is 0. The van der Waals surface area contributed by atoms with E-state index in [-0.39, 0.29) is 11.6 Å². The number of amides is 1. The van der Waals surface area contributed by atoms with Gasteiger partial charge in [-0.3, -0.25) is 4.79 Å². The summed E-state index contributed by atoms with van der Waals surface area (Å²) in [7, 11) is 0. The van der Waals surface area contributed by atoms with Crippen molar-refractivity contribution in [1.82, 2.24) is 4.98 Å². The van der Waals surface area contributed by atoms with Crippen LogP contribution in [0.1, 0.15) is 15.9 Å². The maximum absolute atomic E-state index is 13.5. The van der Waals surface area contributed by atoms with Crippen molar-refractivity contribution >= 4 is 33.3 Å². The minimum Gasteiger partial charge on any atom is -0.493 e. The maximum Gasteiger partial charge on any atom is 0.295 e. The third-order valence-corrected chi connectivity index (χ3v) is 5.28. The molecule has 1 amide bonds. The van der Waals surface area contributed by atoms with Crippen LogP contribution >= 0.6 is 0 Å². The Kier molecular flexibility index (Phi) is 5.28. The van der Waals surface area contributed by atoms with Crippen LogP contribution in [0.3, 0.4) is 0 Å². The summed E-state index contributed by atoms with van der Waals surface area (Å²) in [6.07, 6.45) is 0. The molecule has 0 atom stereocenters. The van der Waals surface area contributed by atoms with E-state index in [4.69, 9.17) is 4.74 Å². The number of H-pyrrole nitrogens is 1. The first-order valence-corrected chi connectivity index (χ1v) is 10.2. The van der Waals surface area contributed by atoms with Gasteiger partial charge in [-0.2, -0.15) is 0 Å². The van der Waals surface area contributed by atoms with E-state index in [0.29, 0.717) is 23.1 Å². The second-order valence-corrected chi connectivity index (χ2v) is 7.51. The van der Waals surface area contributed by atoms with Crippen LogP contribution in [-0.2, 0) is 6.61 Å². The van der Waals surface area contributed by atoms with Crippen molar-refractivity contribution < 1.29 is 19.0 Å². The van der Waals surface area contributed by atoms with Crippen molar-refractivity contribution in [2.24, 2.45) is 10.2 Å². The molecule has 0 aliphatic rings. The monoisotopic (exact) mass is 439 g/mol. The van der Waals surface area contributed by atoms with Crippen LogP contribution in [-0.4, -0.2) is 16.0 Å². The average Bonchev–Trinajstić information content (AvgIpc) is 3.15. The van der Waals surface area contributed by atoms with Crippen molar-refractivity contribution in [3.8, 4) is 11.6 Å². The Bertz CT molecular complexity index is 1510. The molecule has 0 spiro atoms. The van der Waals surface area contributed by atoms with Gasteiger partial charge in [0.25, 0.3) is 5.91 Å². The number of aromatic amines is 1. The van der Waals surface area contributed by atoms with Gasteiger partial charge in [-0.1, -0.05) is 42.5 Å². The summed E-state index contributed by atoms with van der Waals surface area (Å²) in [5.41, 5.74) is 1.73. The molecular formula is C26H18FN3O3. The number of fused-ring (bicyclic) bond motifs is 2. The molecule has 0 saturated carbocycles. The molecule has 7 heteroatoms. The fourth-order valence-electron chi connectivity index (χ4n) is 3.56. The first-order chi connectivity index (χ1) is 16.1. The molecule has 1 heterocycles. The number of hydrogen-bond donors (Lipinski definition) is 2. The number of ether oxygens (including phenoxy) is 1. The summed E-state index contributed by atoms with van der Waals surface area (Å²) in [4.78, 5) is 15.1. The SMILES string of the molecule is O=C(N=Nc1c(O)[nH]c2ccc(F)cc12)c1ccc(COc2ccc3ccccc3c2)cc1.